The number of carbonyl (C=O) groups excluding carboxylic acids is 1. The first-order valence-electron chi connectivity index (χ1n) is 6.31. The van der Waals surface area contributed by atoms with Crippen LogP contribution < -0.4 is 5.56 Å². The van der Waals surface area contributed by atoms with Crippen molar-refractivity contribution in [1.29, 1.82) is 0 Å². The molecule has 0 aliphatic rings. The second-order valence-corrected chi connectivity index (χ2v) is 6.42. The summed E-state index contributed by atoms with van der Waals surface area (Å²) < 4.78 is 3.12. The van der Waals surface area contributed by atoms with Crippen LogP contribution in [0.15, 0.2) is 56.3 Å². The third kappa shape index (κ3) is 4.28. The highest BCUT2D eigenvalue weighted by atomic mass is 79.9. The van der Waals surface area contributed by atoms with Crippen molar-refractivity contribution in [2.75, 3.05) is 7.05 Å². The predicted molar refractivity (Wildman–Crippen MR) is 89.0 cm³/mol. The van der Waals surface area contributed by atoms with Gasteiger partial charge in [-0.25, -0.2) is 0 Å². The first kappa shape index (κ1) is 16.0. The Labute approximate surface area is 139 Å². The van der Waals surface area contributed by atoms with Crippen LogP contribution in [-0.2, 0) is 17.9 Å². The van der Waals surface area contributed by atoms with Gasteiger partial charge in [0.15, 0.2) is 0 Å². The standard InChI is InChI=1S/C15H14Br2N2O2/c1-18(8-11-4-2-3-5-13(11)17)15(21)10-19-9-12(16)6-7-14(19)20/h2-7,9H,8,10H2,1H3. The number of hydrogen-bond acceptors (Lipinski definition) is 2. The lowest BCUT2D eigenvalue weighted by Crippen LogP contribution is -2.33. The highest BCUT2D eigenvalue weighted by molar-refractivity contribution is 9.10. The number of aromatic nitrogens is 1. The van der Waals surface area contributed by atoms with E-state index in [4.69, 9.17) is 0 Å². The molecule has 1 aromatic carbocycles. The Kier molecular flexibility index (Phi) is 5.36. The third-order valence-electron chi connectivity index (χ3n) is 3.04. The molecule has 21 heavy (non-hydrogen) atoms. The van der Waals surface area contributed by atoms with Crippen LogP contribution in [0.3, 0.4) is 0 Å². The summed E-state index contributed by atoms with van der Waals surface area (Å²) in [4.78, 5) is 25.5. The maximum atomic E-state index is 12.2. The van der Waals surface area contributed by atoms with Gasteiger partial charge in [0.1, 0.15) is 6.54 Å². The quantitative estimate of drug-likeness (QED) is 0.773. The lowest BCUT2D eigenvalue weighted by Gasteiger charge is -2.18. The van der Waals surface area contributed by atoms with Gasteiger partial charge in [-0.1, -0.05) is 34.1 Å². The minimum absolute atomic E-state index is 0.0270. The molecule has 0 saturated carbocycles. The average molecular weight is 414 g/mol. The molecule has 0 aliphatic heterocycles. The van der Waals surface area contributed by atoms with Gasteiger partial charge in [0.2, 0.25) is 5.91 Å². The first-order valence-corrected chi connectivity index (χ1v) is 7.89. The lowest BCUT2D eigenvalue weighted by molar-refractivity contribution is -0.131. The van der Waals surface area contributed by atoms with Crippen molar-refractivity contribution in [2.24, 2.45) is 0 Å². The monoisotopic (exact) mass is 412 g/mol. The number of rotatable bonds is 4. The molecule has 110 valence electrons. The van der Waals surface area contributed by atoms with Crippen LogP contribution in [0.2, 0.25) is 0 Å². The maximum absolute atomic E-state index is 12.2. The van der Waals surface area contributed by atoms with Crippen LogP contribution >= 0.6 is 31.9 Å². The van der Waals surface area contributed by atoms with E-state index in [2.05, 4.69) is 31.9 Å². The summed E-state index contributed by atoms with van der Waals surface area (Å²) in [6.45, 7) is 0.516. The molecule has 4 nitrogen and oxygen atoms in total. The Balaban J connectivity index is 2.08. The van der Waals surface area contributed by atoms with Gasteiger partial charge in [-0.05, 0) is 33.6 Å². The van der Waals surface area contributed by atoms with Gasteiger partial charge in [0.25, 0.3) is 5.56 Å². The Hall–Kier alpha value is -1.40. The van der Waals surface area contributed by atoms with Gasteiger partial charge >= 0.3 is 0 Å². The van der Waals surface area contributed by atoms with Crippen molar-refractivity contribution in [2.45, 2.75) is 13.1 Å². The van der Waals surface area contributed by atoms with E-state index in [1.54, 1.807) is 24.2 Å². The molecule has 0 unspecified atom stereocenters. The summed E-state index contributed by atoms with van der Waals surface area (Å²) in [6.07, 6.45) is 1.62. The second kappa shape index (κ2) is 7.04. The lowest BCUT2D eigenvalue weighted by atomic mass is 10.2. The van der Waals surface area contributed by atoms with E-state index in [1.165, 1.54) is 10.6 Å². The zero-order valence-electron chi connectivity index (χ0n) is 11.4. The summed E-state index contributed by atoms with van der Waals surface area (Å²) >= 11 is 6.76. The van der Waals surface area contributed by atoms with Crippen LogP contribution in [0.5, 0.6) is 0 Å². The highest BCUT2D eigenvalue weighted by Gasteiger charge is 2.12. The molecule has 1 heterocycles. The summed E-state index contributed by atoms with van der Waals surface area (Å²) in [6, 6.07) is 10.8. The van der Waals surface area contributed by atoms with Gasteiger partial charge in [0.05, 0.1) is 0 Å². The number of likely N-dealkylation sites (N-methyl/N-ethyl adjacent to an activating group) is 1. The number of nitrogens with zero attached hydrogens (tertiary/aromatic N) is 2. The fraction of sp³-hybridized carbons (Fsp3) is 0.200. The van der Waals surface area contributed by atoms with Gasteiger partial charge in [-0.2, -0.15) is 0 Å². The maximum Gasteiger partial charge on any atom is 0.251 e. The largest absolute Gasteiger partial charge is 0.340 e. The van der Waals surface area contributed by atoms with E-state index < -0.39 is 0 Å². The molecular weight excluding hydrogens is 400 g/mol. The molecule has 0 saturated heterocycles. The Morgan fingerprint density at radius 3 is 2.62 bits per heavy atom. The summed E-state index contributed by atoms with van der Waals surface area (Å²) in [7, 11) is 1.73. The van der Waals surface area contributed by atoms with Crippen molar-refractivity contribution in [3.63, 3.8) is 0 Å². The number of amides is 1. The van der Waals surface area contributed by atoms with Gasteiger partial charge in [-0.3, -0.25) is 9.59 Å². The zero-order valence-corrected chi connectivity index (χ0v) is 14.6. The number of hydrogen-bond donors (Lipinski definition) is 0. The first-order chi connectivity index (χ1) is 9.97. The summed E-state index contributed by atoms with van der Waals surface area (Å²) in [5, 5.41) is 0. The highest BCUT2D eigenvalue weighted by Crippen LogP contribution is 2.17. The van der Waals surface area contributed by atoms with Crippen molar-refractivity contribution < 1.29 is 4.79 Å². The van der Waals surface area contributed by atoms with E-state index in [-0.39, 0.29) is 18.0 Å². The van der Waals surface area contributed by atoms with E-state index in [9.17, 15) is 9.59 Å². The molecule has 0 bridgehead atoms. The van der Waals surface area contributed by atoms with E-state index >= 15 is 0 Å². The predicted octanol–water partition coefficient (Wildman–Crippen LogP) is 3.03. The third-order valence-corrected chi connectivity index (χ3v) is 4.29. The van der Waals surface area contributed by atoms with Crippen LogP contribution in [0.1, 0.15) is 5.56 Å². The van der Waals surface area contributed by atoms with Gasteiger partial charge in [0, 0.05) is 34.8 Å². The molecule has 0 fully saturated rings. The van der Waals surface area contributed by atoms with Crippen molar-refractivity contribution in [3.05, 3.63) is 67.5 Å². The molecule has 1 aromatic heterocycles. The molecule has 0 atom stereocenters. The number of carbonyl (C=O) groups is 1. The van der Waals surface area contributed by atoms with Crippen molar-refractivity contribution >= 4 is 37.8 Å². The fourth-order valence-electron chi connectivity index (χ4n) is 1.86. The van der Waals surface area contributed by atoms with Crippen LogP contribution in [-0.4, -0.2) is 22.4 Å². The second-order valence-electron chi connectivity index (χ2n) is 4.65. The van der Waals surface area contributed by atoms with E-state index in [1.807, 2.05) is 24.3 Å². The average Bonchev–Trinajstić information content (AvgIpc) is 2.45. The Morgan fingerprint density at radius 1 is 1.19 bits per heavy atom. The van der Waals surface area contributed by atoms with Crippen LogP contribution in [0.25, 0.3) is 0 Å². The number of halogens is 2. The normalized spacial score (nSPS) is 10.4. The molecule has 2 rings (SSSR count). The topological polar surface area (TPSA) is 42.3 Å². The molecular formula is C15H14Br2N2O2. The van der Waals surface area contributed by atoms with Gasteiger partial charge < -0.3 is 9.47 Å². The molecule has 1 amide bonds. The summed E-state index contributed by atoms with van der Waals surface area (Å²) in [5.74, 6) is -0.119. The number of benzene rings is 1. The molecule has 0 N–H and O–H groups in total. The van der Waals surface area contributed by atoms with E-state index in [0.29, 0.717) is 6.54 Å². The smallest absolute Gasteiger partial charge is 0.251 e. The zero-order chi connectivity index (χ0) is 15.4. The van der Waals surface area contributed by atoms with Crippen molar-refractivity contribution in [3.8, 4) is 0 Å². The molecule has 2 aromatic rings. The van der Waals surface area contributed by atoms with Crippen LogP contribution in [0, 0.1) is 0 Å². The minimum Gasteiger partial charge on any atom is -0.340 e. The van der Waals surface area contributed by atoms with Gasteiger partial charge in [-0.15, -0.1) is 0 Å². The molecule has 0 radical (unpaired) electrons. The Morgan fingerprint density at radius 2 is 1.90 bits per heavy atom. The minimum atomic E-state index is -0.194. The molecule has 0 spiro atoms. The summed E-state index contributed by atoms with van der Waals surface area (Å²) in [5.41, 5.74) is 0.829. The SMILES string of the molecule is CN(Cc1ccccc1Br)C(=O)Cn1cc(Br)ccc1=O. The number of pyridine rings is 1. The molecule has 6 heteroatoms. The fourth-order valence-corrected chi connectivity index (χ4v) is 2.65. The Bertz CT molecular complexity index is 713. The van der Waals surface area contributed by atoms with Crippen molar-refractivity contribution in [1.82, 2.24) is 9.47 Å². The van der Waals surface area contributed by atoms with Crippen LogP contribution in [0.4, 0.5) is 0 Å². The molecule has 0 aliphatic carbocycles. The van der Waals surface area contributed by atoms with E-state index in [0.717, 1.165) is 14.5 Å².